The van der Waals surface area contributed by atoms with Crippen LogP contribution in [-0.2, 0) is 0 Å². The number of aromatic nitrogens is 4. The van der Waals surface area contributed by atoms with Crippen molar-refractivity contribution in [2.75, 3.05) is 24.0 Å². The van der Waals surface area contributed by atoms with E-state index < -0.39 is 0 Å². The molecular weight excluding hydrogens is 270 g/mol. The van der Waals surface area contributed by atoms with Gasteiger partial charge in [-0.2, -0.15) is 16.9 Å². The molecule has 6 heteroatoms. The summed E-state index contributed by atoms with van der Waals surface area (Å²) < 4.78 is 1.74. The van der Waals surface area contributed by atoms with Crippen LogP contribution in [0.15, 0.2) is 24.4 Å². The normalized spacial score (nSPS) is 12.4. The second kappa shape index (κ2) is 6.74. The highest BCUT2D eigenvalue weighted by Crippen LogP contribution is 2.15. The number of hydrogen-bond donors (Lipinski definition) is 0. The quantitative estimate of drug-likeness (QED) is 0.818. The second-order valence-corrected chi connectivity index (χ2v) is 5.88. The predicted molar refractivity (Wildman–Crippen MR) is 84.8 cm³/mol. The first-order chi connectivity index (χ1) is 9.61. The zero-order valence-corrected chi connectivity index (χ0v) is 13.3. The summed E-state index contributed by atoms with van der Waals surface area (Å²) in [6, 6.07) is 6.35. The van der Waals surface area contributed by atoms with Gasteiger partial charge in [-0.1, -0.05) is 0 Å². The zero-order chi connectivity index (χ0) is 14.5. The summed E-state index contributed by atoms with van der Waals surface area (Å²) in [5.41, 5.74) is 0.971. The van der Waals surface area contributed by atoms with E-state index in [0.717, 1.165) is 29.5 Å². The molecule has 0 fully saturated rings. The number of nitrogens with zero attached hydrogens (tertiary/aromatic N) is 5. The van der Waals surface area contributed by atoms with Crippen LogP contribution in [0, 0.1) is 6.92 Å². The molecule has 5 nitrogen and oxygen atoms in total. The summed E-state index contributed by atoms with van der Waals surface area (Å²) in [6.45, 7) is 4.17. The van der Waals surface area contributed by atoms with Crippen LogP contribution in [0.2, 0.25) is 0 Å². The Bertz CT molecular complexity index is 537. The third kappa shape index (κ3) is 3.50. The lowest BCUT2D eigenvalue weighted by atomic mass is 10.2. The summed E-state index contributed by atoms with van der Waals surface area (Å²) in [6.07, 6.45) is 5.16. The molecular formula is C14H21N5S. The monoisotopic (exact) mass is 291 g/mol. The average Bonchev–Trinajstić information content (AvgIpc) is 2.90. The molecule has 0 saturated heterocycles. The Morgan fingerprint density at radius 2 is 2.10 bits per heavy atom. The van der Waals surface area contributed by atoms with Crippen LogP contribution in [0.25, 0.3) is 5.82 Å². The molecule has 0 spiro atoms. The van der Waals surface area contributed by atoms with Gasteiger partial charge in [-0.25, -0.2) is 4.68 Å². The molecule has 20 heavy (non-hydrogen) atoms. The van der Waals surface area contributed by atoms with Crippen LogP contribution >= 0.6 is 11.8 Å². The molecule has 0 aromatic carbocycles. The number of hydrogen-bond acceptors (Lipinski definition) is 5. The molecule has 2 aromatic heterocycles. The first-order valence-electron chi connectivity index (χ1n) is 6.70. The zero-order valence-electron chi connectivity index (χ0n) is 12.4. The van der Waals surface area contributed by atoms with Crippen molar-refractivity contribution in [1.29, 1.82) is 0 Å². The van der Waals surface area contributed by atoms with E-state index in [0.29, 0.717) is 6.04 Å². The number of aryl methyl sites for hydroxylation is 1. The molecule has 0 radical (unpaired) electrons. The lowest BCUT2D eigenvalue weighted by Gasteiger charge is -2.25. The van der Waals surface area contributed by atoms with Gasteiger partial charge in [0.25, 0.3) is 0 Å². The van der Waals surface area contributed by atoms with Crippen molar-refractivity contribution in [1.82, 2.24) is 20.0 Å². The highest BCUT2D eigenvalue weighted by Gasteiger charge is 2.11. The van der Waals surface area contributed by atoms with Crippen molar-refractivity contribution in [2.24, 2.45) is 0 Å². The molecule has 2 aromatic rings. The maximum Gasteiger partial charge on any atom is 0.175 e. The summed E-state index contributed by atoms with van der Waals surface area (Å²) in [7, 11) is 2.06. The van der Waals surface area contributed by atoms with E-state index in [1.807, 2.05) is 43.1 Å². The standard InChI is InChI=1S/C14H21N5S/c1-11-7-9-19(17-11)14-6-5-13(15-16-14)18(3)12(2)8-10-20-4/h5-7,9,12H,8,10H2,1-4H3/t12-/m0/s1. The highest BCUT2D eigenvalue weighted by molar-refractivity contribution is 7.98. The third-order valence-electron chi connectivity index (χ3n) is 3.36. The van der Waals surface area contributed by atoms with E-state index >= 15 is 0 Å². The Labute approximate surface area is 124 Å². The summed E-state index contributed by atoms with van der Waals surface area (Å²) >= 11 is 1.87. The van der Waals surface area contributed by atoms with E-state index in [4.69, 9.17) is 0 Å². The first-order valence-corrected chi connectivity index (χ1v) is 8.09. The lowest BCUT2D eigenvalue weighted by Crippen LogP contribution is -2.30. The van der Waals surface area contributed by atoms with Gasteiger partial charge in [0.2, 0.25) is 0 Å². The Balaban J connectivity index is 2.07. The van der Waals surface area contributed by atoms with Crippen molar-refractivity contribution in [3.05, 3.63) is 30.1 Å². The van der Waals surface area contributed by atoms with E-state index in [-0.39, 0.29) is 0 Å². The van der Waals surface area contributed by atoms with Gasteiger partial charge in [-0.05, 0) is 50.5 Å². The third-order valence-corrected chi connectivity index (χ3v) is 4.00. The fraction of sp³-hybridized carbons (Fsp3) is 0.500. The minimum absolute atomic E-state index is 0.453. The molecule has 0 aliphatic carbocycles. The lowest BCUT2D eigenvalue weighted by molar-refractivity contribution is 0.655. The number of rotatable bonds is 6. The summed E-state index contributed by atoms with van der Waals surface area (Å²) in [5, 5.41) is 12.9. The highest BCUT2D eigenvalue weighted by atomic mass is 32.2. The molecule has 0 aliphatic rings. The van der Waals surface area contributed by atoms with Gasteiger partial charge < -0.3 is 4.90 Å². The molecule has 2 heterocycles. The molecule has 0 unspecified atom stereocenters. The number of anilines is 1. The smallest absolute Gasteiger partial charge is 0.175 e. The van der Waals surface area contributed by atoms with Crippen LogP contribution in [0.4, 0.5) is 5.82 Å². The first kappa shape index (κ1) is 14.8. The van der Waals surface area contributed by atoms with Gasteiger partial charge in [0.05, 0.1) is 5.69 Å². The molecule has 108 valence electrons. The van der Waals surface area contributed by atoms with Gasteiger partial charge in [-0.15, -0.1) is 10.2 Å². The van der Waals surface area contributed by atoms with Crippen molar-refractivity contribution in [2.45, 2.75) is 26.3 Å². The molecule has 0 saturated carbocycles. The van der Waals surface area contributed by atoms with Gasteiger partial charge >= 0.3 is 0 Å². The SMILES string of the molecule is CSCC[C@H](C)N(C)c1ccc(-n2ccc(C)n2)nn1. The van der Waals surface area contributed by atoms with Crippen LogP contribution in [0.3, 0.4) is 0 Å². The topological polar surface area (TPSA) is 46.8 Å². The molecule has 2 rings (SSSR count). The fourth-order valence-electron chi connectivity index (χ4n) is 1.88. The largest absolute Gasteiger partial charge is 0.355 e. The Kier molecular flexibility index (Phi) is 5.00. The van der Waals surface area contributed by atoms with Crippen LogP contribution in [0.1, 0.15) is 19.0 Å². The maximum atomic E-state index is 4.33. The minimum Gasteiger partial charge on any atom is -0.355 e. The Morgan fingerprint density at radius 1 is 1.30 bits per heavy atom. The summed E-state index contributed by atoms with van der Waals surface area (Å²) in [4.78, 5) is 2.17. The van der Waals surface area contributed by atoms with E-state index in [1.165, 1.54) is 0 Å². The fourth-order valence-corrected chi connectivity index (χ4v) is 2.46. The van der Waals surface area contributed by atoms with E-state index in [9.17, 15) is 0 Å². The average molecular weight is 291 g/mol. The van der Waals surface area contributed by atoms with Gasteiger partial charge in [-0.3, -0.25) is 0 Å². The van der Waals surface area contributed by atoms with Crippen molar-refractivity contribution >= 4 is 17.6 Å². The predicted octanol–water partition coefficient (Wildman–Crippen LogP) is 2.55. The van der Waals surface area contributed by atoms with Crippen LogP contribution in [-0.4, -0.2) is 45.1 Å². The van der Waals surface area contributed by atoms with Crippen molar-refractivity contribution in [3.63, 3.8) is 0 Å². The Morgan fingerprint density at radius 3 is 2.65 bits per heavy atom. The van der Waals surface area contributed by atoms with Gasteiger partial charge in [0.15, 0.2) is 11.6 Å². The summed E-state index contributed by atoms with van der Waals surface area (Å²) in [5.74, 6) is 2.79. The second-order valence-electron chi connectivity index (χ2n) is 4.89. The van der Waals surface area contributed by atoms with Gasteiger partial charge in [0, 0.05) is 19.3 Å². The minimum atomic E-state index is 0.453. The van der Waals surface area contributed by atoms with E-state index in [1.54, 1.807) is 4.68 Å². The molecule has 0 aliphatic heterocycles. The molecule has 0 bridgehead atoms. The molecule has 0 N–H and O–H groups in total. The van der Waals surface area contributed by atoms with E-state index in [2.05, 4.69) is 40.4 Å². The molecule has 0 amide bonds. The Hall–Kier alpha value is -1.56. The van der Waals surface area contributed by atoms with Crippen LogP contribution in [0.5, 0.6) is 0 Å². The molecule has 1 atom stereocenters. The van der Waals surface area contributed by atoms with Gasteiger partial charge in [0.1, 0.15) is 0 Å². The number of thioether (sulfide) groups is 1. The van der Waals surface area contributed by atoms with Crippen molar-refractivity contribution < 1.29 is 0 Å². The van der Waals surface area contributed by atoms with Crippen molar-refractivity contribution in [3.8, 4) is 5.82 Å². The maximum absolute atomic E-state index is 4.33. The van der Waals surface area contributed by atoms with Crippen LogP contribution < -0.4 is 4.90 Å².